The van der Waals surface area contributed by atoms with Gasteiger partial charge in [0, 0.05) is 29.7 Å². The van der Waals surface area contributed by atoms with Crippen LogP contribution in [0.2, 0.25) is 0 Å². The molecule has 0 unspecified atom stereocenters. The van der Waals surface area contributed by atoms with E-state index in [4.69, 9.17) is 47.4 Å². The van der Waals surface area contributed by atoms with Gasteiger partial charge in [0.15, 0.2) is 0 Å². The summed E-state index contributed by atoms with van der Waals surface area (Å²) < 4.78 is 80.5. The molecule has 0 bridgehead atoms. The highest BCUT2D eigenvalue weighted by atomic mass is 19.1. The molecule has 5 rings (SSSR count). The van der Waals surface area contributed by atoms with E-state index in [0.29, 0.717) is 0 Å². The van der Waals surface area contributed by atoms with Gasteiger partial charge in [-0.25, -0.2) is 37.5 Å². The first-order valence-corrected chi connectivity index (χ1v) is 19.0. The van der Waals surface area contributed by atoms with Crippen molar-refractivity contribution >= 4 is 36.2 Å². The van der Waals surface area contributed by atoms with Crippen LogP contribution in [-0.4, -0.2) is 89.0 Å². The highest BCUT2D eigenvalue weighted by Gasteiger charge is 2.36. The van der Waals surface area contributed by atoms with Gasteiger partial charge < -0.3 is 47.4 Å². The van der Waals surface area contributed by atoms with Crippen LogP contribution in [0.4, 0.5) is 18.4 Å². The Balaban J connectivity index is 1.12. The van der Waals surface area contributed by atoms with E-state index in [1.54, 1.807) is 24.3 Å². The van der Waals surface area contributed by atoms with Gasteiger partial charge in [0.1, 0.15) is 61.1 Å². The van der Waals surface area contributed by atoms with E-state index in [0.717, 1.165) is 58.7 Å². The maximum absolute atomic E-state index is 15.0. The molecule has 1 aliphatic rings. The van der Waals surface area contributed by atoms with Crippen LogP contribution in [0, 0.1) is 11.6 Å². The van der Waals surface area contributed by atoms with Crippen LogP contribution in [-0.2, 0) is 43.4 Å². The monoisotopic (exact) mass is 874 g/mol. The van der Waals surface area contributed by atoms with E-state index in [1.165, 1.54) is 24.3 Å². The highest BCUT2D eigenvalue weighted by Crippen LogP contribution is 2.50. The molecule has 63 heavy (non-hydrogen) atoms. The minimum Gasteiger partial charge on any atom is -0.460 e. The summed E-state index contributed by atoms with van der Waals surface area (Å²) in [6.45, 7) is 9.97. The molecule has 0 saturated carbocycles. The SMILES string of the molecule is C=CC(=O)OCCOCCOC(=O)Oc1ccc(C(=O)Oc2ccc3c(c2)C(C)(C)c2cc(OC(=O)c4ccc(OC(=O)OCCOCCOC(=O)C=C)cc4F)ccc2-3)c(F)c1. The number of ether oxygens (including phenoxy) is 10. The minimum absolute atomic E-state index is 0.0158. The molecule has 1 aliphatic carbocycles. The third-order valence-corrected chi connectivity index (χ3v) is 8.94. The number of esters is 4. The second-order valence-corrected chi connectivity index (χ2v) is 13.5. The zero-order valence-corrected chi connectivity index (χ0v) is 33.9. The van der Waals surface area contributed by atoms with Crippen molar-refractivity contribution < 1.29 is 84.9 Å². The van der Waals surface area contributed by atoms with Gasteiger partial charge >= 0.3 is 36.2 Å². The molecule has 4 aromatic carbocycles. The first kappa shape index (κ1) is 46.6. The molecule has 0 aromatic heterocycles. The molecule has 16 nitrogen and oxygen atoms in total. The molecule has 18 heteroatoms. The average molecular weight is 875 g/mol. The summed E-state index contributed by atoms with van der Waals surface area (Å²) in [4.78, 5) is 72.1. The van der Waals surface area contributed by atoms with Gasteiger partial charge in [-0.1, -0.05) is 39.1 Å². The Morgan fingerprint density at radius 1 is 0.492 bits per heavy atom. The first-order valence-electron chi connectivity index (χ1n) is 19.0. The number of carbonyl (C=O) groups is 6. The van der Waals surface area contributed by atoms with Crippen LogP contribution in [0.5, 0.6) is 23.0 Å². The lowest BCUT2D eigenvalue weighted by Gasteiger charge is -2.22. The van der Waals surface area contributed by atoms with Gasteiger partial charge in [-0.2, -0.15) is 0 Å². The Hall–Kier alpha value is -7.44. The number of carbonyl (C=O) groups excluding carboxylic acids is 6. The lowest BCUT2D eigenvalue weighted by molar-refractivity contribution is -0.140. The quantitative estimate of drug-likeness (QED) is 0.0215. The number of benzene rings is 4. The average Bonchev–Trinajstić information content (AvgIpc) is 3.47. The van der Waals surface area contributed by atoms with Crippen molar-refractivity contribution in [3.05, 3.63) is 132 Å². The lowest BCUT2D eigenvalue weighted by atomic mass is 9.82. The van der Waals surface area contributed by atoms with E-state index >= 15 is 8.78 Å². The Morgan fingerprint density at radius 3 is 1.21 bits per heavy atom. The zero-order chi connectivity index (χ0) is 45.5. The molecule has 0 amide bonds. The molecule has 0 aliphatic heterocycles. The Labute approximate surface area is 358 Å². The number of hydrogen-bond donors (Lipinski definition) is 0. The largest absolute Gasteiger partial charge is 0.513 e. The summed E-state index contributed by atoms with van der Waals surface area (Å²) in [7, 11) is 0. The summed E-state index contributed by atoms with van der Waals surface area (Å²) >= 11 is 0. The van der Waals surface area contributed by atoms with Gasteiger partial charge in [0.2, 0.25) is 0 Å². The molecular formula is C45H40F2O16. The molecule has 4 aromatic rings. The second-order valence-electron chi connectivity index (χ2n) is 13.5. The molecule has 330 valence electrons. The van der Waals surface area contributed by atoms with Crippen LogP contribution in [0.3, 0.4) is 0 Å². The third kappa shape index (κ3) is 12.8. The van der Waals surface area contributed by atoms with E-state index in [1.807, 2.05) is 13.8 Å². The Bertz CT molecular complexity index is 2230. The Kier molecular flexibility index (Phi) is 16.2. The lowest BCUT2D eigenvalue weighted by Crippen LogP contribution is -2.17. The fourth-order valence-electron chi connectivity index (χ4n) is 5.94. The topological polar surface area (TPSA) is 195 Å². The van der Waals surface area contributed by atoms with Crippen molar-refractivity contribution in [1.29, 1.82) is 0 Å². The smallest absolute Gasteiger partial charge is 0.460 e. The number of rotatable bonds is 20. The van der Waals surface area contributed by atoms with E-state index in [9.17, 15) is 28.8 Å². The molecule has 0 N–H and O–H groups in total. The van der Waals surface area contributed by atoms with Crippen molar-refractivity contribution in [1.82, 2.24) is 0 Å². The Morgan fingerprint density at radius 2 is 0.841 bits per heavy atom. The van der Waals surface area contributed by atoms with Crippen LogP contribution in [0.15, 0.2) is 98.1 Å². The van der Waals surface area contributed by atoms with Gasteiger partial charge in [-0.3, -0.25) is 0 Å². The highest BCUT2D eigenvalue weighted by molar-refractivity contribution is 5.93. The maximum Gasteiger partial charge on any atom is 0.513 e. The van der Waals surface area contributed by atoms with E-state index in [2.05, 4.69) is 13.2 Å². The predicted octanol–water partition coefficient (Wildman–Crippen LogP) is 7.23. The fourth-order valence-corrected chi connectivity index (χ4v) is 5.94. The summed E-state index contributed by atoms with van der Waals surface area (Å²) in [6, 6.07) is 16.0. The molecule has 0 spiro atoms. The summed E-state index contributed by atoms with van der Waals surface area (Å²) in [5.74, 6) is -5.52. The number of halogens is 2. The maximum atomic E-state index is 15.0. The molecule has 0 atom stereocenters. The van der Waals surface area contributed by atoms with Gasteiger partial charge in [-0.05, 0) is 70.8 Å². The second kappa shape index (κ2) is 21.9. The van der Waals surface area contributed by atoms with Crippen LogP contribution in [0.1, 0.15) is 45.7 Å². The van der Waals surface area contributed by atoms with Crippen molar-refractivity contribution in [3.8, 4) is 34.1 Å². The van der Waals surface area contributed by atoms with Crippen molar-refractivity contribution in [3.63, 3.8) is 0 Å². The van der Waals surface area contributed by atoms with Crippen LogP contribution < -0.4 is 18.9 Å². The van der Waals surface area contributed by atoms with Crippen LogP contribution >= 0.6 is 0 Å². The summed E-state index contributed by atoms with van der Waals surface area (Å²) in [6.07, 6.45) is -0.270. The van der Waals surface area contributed by atoms with E-state index < -0.39 is 64.4 Å². The normalized spacial score (nSPS) is 11.8. The van der Waals surface area contributed by atoms with Gasteiger partial charge in [0.25, 0.3) is 0 Å². The molecule has 0 heterocycles. The van der Waals surface area contributed by atoms with Gasteiger partial charge in [-0.15, -0.1) is 0 Å². The molecular weight excluding hydrogens is 834 g/mol. The van der Waals surface area contributed by atoms with Crippen molar-refractivity contribution in [2.45, 2.75) is 19.3 Å². The summed E-state index contributed by atoms with van der Waals surface area (Å²) in [5.41, 5.74) is 1.51. The van der Waals surface area contributed by atoms with Gasteiger partial charge in [0.05, 0.1) is 37.6 Å². The molecule has 0 radical (unpaired) electrons. The standard InChI is InChI=1S/C45H40F2O16/c1-5-39(48)56-19-15-54-17-21-58-43(52)62-29-9-13-33(37(46)25-29)41(50)60-27-7-11-31-32-12-8-28(24-36(32)45(3,4)35(31)23-27)61-42(51)34-14-10-30(26-38(34)47)63-44(53)59-22-18-55-16-20-57-40(49)6-2/h5-14,23-26H,1-2,15-22H2,3-4H3. The molecule has 0 fully saturated rings. The zero-order valence-electron chi connectivity index (χ0n) is 33.9. The predicted molar refractivity (Wildman–Crippen MR) is 215 cm³/mol. The van der Waals surface area contributed by atoms with Crippen molar-refractivity contribution in [2.75, 3.05) is 52.9 Å². The third-order valence-electron chi connectivity index (χ3n) is 8.94. The summed E-state index contributed by atoms with van der Waals surface area (Å²) in [5, 5.41) is 0. The minimum atomic E-state index is -1.14. The van der Waals surface area contributed by atoms with E-state index in [-0.39, 0.29) is 75.9 Å². The van der Waals surface area contributed by atoms with Crippen LogP contribution in [0.25, 0.3) is 11.1 Å². The molecule has 0 saturated heterocycles. The fraction of sp³-hybridized carbons (Fsp3) is 0.244. The first-order chi connectivity index (χ1) is 30.2. The number of hydrogen-bond acceptors (Lipinski definition) is 16. The van der Waals surface area contributed by atoms with Crippen molar-refractivity contribution in [2.24, 2.45) is 0 Å². The number of fused-ring (bicyclic) bond motifs is 3.